The van der Waals surface area contributed by atoms with Gasteiger partial charge in [0.15, 0.2) is 23.0 Å². The molecule has 2 aromatic carbocycles. The van der Waals surface area contributed by atoms with Crippen molar-refractivity contribution in [3.05, 3.63) is 86.7 Å². The van der Waals surface area contributed by atoms with Gasteiger partial charge in [0.2, 0.25) is 12.7 Å². The van der Waals surface area contributed by atoms with Gasteiger partial charge in [-0.25, -0.2) is 0 Å². The summed E-state index contributed by atoms with van der Waals surface area (Å²) in [5.41, 5.74) is 8.53. The average molecular weight is 473 g/mol. The summed E-state index contributed by atoms with van der Waals surface area (Å²) in [5, 5.41) is 9.93. The van der Waals surface area contributed by atoms with Gasteiger partial charge in [-0.2, -0.15) is 5.26 Å². The van der Waals surface area contributed by atoms with Crippen LogP contribution in [0, 0.1) is 18.3 Å². The van der Waals surface area contributed by atoms with Crippen LogP contribution >= 0.6 is 0 Å². The van der Waals surface area contributed by atoms with Crippen LogP contribution in [0.25, 0.3) is 0 Å². The van der Waals surface area contributed by atoms with Crippen LogP contribution in [0.4, 0.5) is 0 Å². The number of fused-ring (bicyclic) bond motifs is 2. The van der Waals surface area contributed by atoms with Crippen molar-refractivity contribution >= 4 is 0 Å². The summed E-state index contributed by atoms with van der Waals surface area (Å²) in [6.07, 6.45) is 0. The summed E-state index contributed by atoms with van der Waals surface area (Å²) >= 11 is 0. The van der Waals surface area contributed by atoms with Crippen LogP contribution in [0.5, 0.6) is 28.7 Å². The normalized spacial score (nSPS) is 15.8. The molecule has 0 fully saturated rings. The molecule has 0 amide bonds. The van der Waals surface area contributed by atoms with Gasteiger partial charge in [-0.05, 0) is 42.3 Å². The van der Waals surface area contributed by atoms with E-state index in [4.69, 9.17) is 29.4 Å². The van der Waals surface area contributed by atoms with E-state index in [1.165, 1.54) is 14.2 Å². The van der Waals surface area contributed by atoms with Crippen LogP contribution in [0.3, 0.4) is 0 Å². The van der Waals surface area contributed by atoms with Gasteiger partial charge in [0.05, 0.1) is 32.2 Å². The number of rotatable bonds is 5. The Balaban J connectivity index is 1.66. The topological polar surface area (TPSA) is 118 Å². The largest absolute Gasteiger partial charge is 0.493 e. The molecule has 0 spiro atoms. The lowest BCUT2D eigenvalue weighted by molar-refractivity contribution is 0.174. The Morgan fingerprint density at radius 1 is 1.06 bits per heavy atom. The predicted octanol–water partition coefficient (Wildman–Crippen LogP) is 3.17. The number of nitrogens with zero attached hydrogens (tertiary/aromatic N) is 2. The Hall–Kier alpha value is -4.58. The number of allylic oxidation sites excluding steroid dienone is 1. The number of aromatic nitrogens is 1. The van der Waals surface area contributed by atoms with Gasteiger partial charge in [0.25, 0.3) is 5.56 Å². The number of nitrogens with two attached hydrogens (primary N) is 1. The van der Waals surface area contributed by atoms with E-state index in [0.717, 1.165) is 5.56 Å². The van der Waals surface area contributed by atoms with Gasteiger partial charge in [-0.1, -0.05) is 12.1 Å². The first-order chi connectivity index (χ1) is 16.9. The maximum atomic E-state index is 13.9. The molecule has 1 aromatic heterocycles. The highest BCUT2D eigenvalue weighted by atomic mass is 16.7. The molecule has 0 saturated carbocycles. The van der Waals surface area contributed by atoms with Crippen LogP contribution in [0.2, 0.25) is 0 Å². The van der Waals surface area contributed by atoms with Crippen molar-refractivity contribution in [2.75, 3.05) is 21.0 Å². The lowest BCUT2D eigenvalue weighted by atomic mass is 9.84. The molecular weight excluding hydrogens is 450 g/mol. The molecule has 1 atom stereocenters. The molecule has 0 saturated heterocycles. The van der Waals surface area contributed by atoms with Crippen molar-refractivity contribution in [3.63, 3.8) is 0 Å². The minimum Gasteiger partial charge on any atom is -0.493 e. The smallest absolute Gasteiger partial charge is 0.259 e. The standard InChI is InChI=1S/C26H23N3O6/c1-14-8-22-24(26(30)29(14)12-15-4-6-19-21(9-15)34-13-33-19)23(17(11-27)25(28)35-22)16-5-7-18(31-2)20(10-16)32-3/h4-10,23H,12-13,28H2,1-3H3. The van der Waals surface area contributed by atoms with Crippen LogP contribution in [-0.4, -0.2) is 25.6 Å². The summed E-state index contributed by atoms with van der Waals surface area (Å²) in [6.45, 7) is 2.29. The molecule has 2 N–H and O–H groups in total. The Kier molecular flexibility index (Phi) is 5.49. The fourth-order valence-electron chi connectivity index (χ4n) is 4.47. The highest BCUT2D eigenvalue weighted by Gasteiger charge is 2.35. The second-order valence-electron chi connectivity index (χ2n) is 8.18. The number of hydrogen-bond donors (Lipinski definition) is 1. The van der Waals surface area contributed by atoms with Gasteiger partial charge in [0.1, 0.15) is 17.4 Å². The molecule has 35 heavy (non-hydrogen) atoms. The molecule has 0 aliphatic carbocycles. The van der Waals surface area contributed by atoms with Crippen molar-refractivity contribution in [1.29, 1.82) is 5.26 Å². The van der Waals surface area contributed by atoms with Crippen LogP contribution in [0.15, 0.2) is 58.7 Å². The number of nitriles is 1. The Morgan fingerprint density at radius 3 is 2.57 bits per heavy atom. The highest BCUT2D eigenvalue weighted by Crippen LogP contribution is 2.43. The molecule has 0 bridgehead atoms. The Morgan fingerprint density at radius 2 is 1.83 bits per heavy atom. The maximum absolute atomic E-state index is 13.9. The fourth-order valence-corrected chi connectivity index (χ4v) is 4.47. The predicted molar refractivity (Wildman–Crippen MR) is 126 cm³/mol. The van der Waals surface area contributed by atoms with E-state index >= 15 is 0 Å². The van der Waals surface area contributed by atoms with Crippen molar-refractivity contribution < 1.29 is 23.7 Å². The molecular formula is C26H23N3O6. The SMILES string of the molecule is COc1ccc(C2C(C#N)=C(N)Oc3cc(C)n(Cc4ccc5c(c4)OCO5)c(=O)c32)cc1OC. The molecule has 178 valence electrons. The average Bonchev–Trinajstić information content (AvgIpc) is 3.33. The zero-order chi connectivity index (χ0) is 24.7. The van der Waals surface area contributed by atoms with E-state index < -0.39 is 5.92 Å². The van der Waals surface area contributed by atoms with E-state index in [1.54, 1.807) is 28.8 Å². The van der Waals surface area contributed by atoms with E-state index in [1.807, 2.05) is 25.1 Å². The first kappa shape index (κ1) is 22.2. The van der Waals surface area contributed by atoms with Crippen molar-refractivity contribution in [2.45, 2.75) is 19.4 Å². The van der Waals surface area contributed by atoms with E-state index in [0.29, 0.717) is 52.1 Å². The van der Waals surface area contributed by atoms with Crippen molar-refractivity contribution in [3.8, 4) is 34.8 Å². The highest BCUT2D eigenvalue weighted by molar-refractivity contribution is 5.57. The lowest BCUT2D eigenvalue weighted by Gasteiger charge is -2.27. The zero-order valence-corrected chi connectivity index (χ0v) is 19.5. The molecule has 2 aliphatic heterocycles. The maximum Gasteiger partial charge on any atom is 0.259 e. The monoisotopic (exact) mass is 473 g/mol. The van der Waals surface area contributed by atoms with Gasteiger partial charge >= 0.3 is 0 Å². The van der Waals surface area contributed by atoms with Crippen LogP contribution < -0.4 is 35.0 Å². The third-order valence-electron chi connectivity index (χ3n) is 6.21. The molecule has 9 heteroatoms. The number of aryl methyl sites for hydroxylation is 1. The lowest BCUT2D eigenvalue weighted by Crippen LogP contribution is -2.33. The summed E-state index contributed by atoms with van der Waals surface area (Å²) in [5.74, 6) is 1.87. The summed E-state index contributed by atoms with van der Waals surface area (Å²) in [4.78, 5) is 13.9. The molecule has 0 radical (unpaired) electrons. The second kappa shape index (κ2) is 8.65. The number of ether oxygens (including phenoxy) is 5. The first-order valence-electron chi connectivity index (χ1n) is 10.9. The van der Waals surface area contributed by atoms with E-state index in [-0.39, 0.29) is 23.8 Å². The zero-order valence-electron chi connectivity index (χ0n) is 19.5. The van der Waals surface area contributed by atoms with Gasteiger partial charge in [0, 0.05) is 11.8 Å². The number of pyridine rings is 1. The summed E-state index contributed by atoms with van der Waals surface area (Å²) < 4.78 is 29.0. The molecule has 9 nitrogen and oxygen atoms in total. The van der Waals surface area contributed by atoms with Gasteiger partial charge < -0.3 is 34.0 Å². The number of hydrogen-bond acceptors (Lipinski definition) is 8. The van der Waals surface area contributed by atoms with Crippen LogP contribution in [-0.2, 0) is 6.54 Å². The minimum atomic E-state index is -0.736. The summed E-state index contributed by atoms with van der Waals surface area (Å²) in [6, 6.07) is 14.7. The third kappa shape index (κ3) is 3.69. The van der Waals surface area contributed by atoms with E-state index in [2.05, 4.69) is 6.07 Å². The van der Waals surface area contributed by atoms with Gasteiger partial charge in [-0.15, -0.1) is 0 Å². The summed E-state index contributed by atoms with van der Waals surface area (Å²) in [7, 11) is 3.06. The van der Waals surface area contributed by atoms with Crippen molar-refractivity contribution in [2.24, 2.45) is 5.73 Å². The molecule has 3 aromatic rings. The first-order valence-corrected chi connectivity index (χ1v) is 10.9. The third-order valence-corrected chi connectivity index (χ3v) is 6.21. The van der Waals surface area contributed by atoms with Crippen molar-refractivity contribution in [1.82, 2.24) is 4.57 Å². The molecule has 3 heterocycles. The Bertz CT molecular complexity index is 1470. The number of methoxy groups -OCH3 is 2. The fraction of sp³-hybridized carbons (Fsp3) is 0.231. The van der Waals surface area contributed by atoms with Gasteiger partial charge in [-0.3, -0.25) is 4.79 Å². The molecule has 1 unspecified atom stereocenters. The van der Waals surface area contributed by atoms with E-state index in [9.17, 15) is 10.1 Å². The minimum absolute atomic E-state index is 0.0351. The molecule has 2 aliphatic rings. The molecule has 5 rings (SSSR count). The van der Waals surface area contributed by atoms with Crippen LogP contribution in [0.1, 0.15) is 28.3 Å². The Labute approximate surface area is 201 Å². The number of benzene rings is 2. The second-order valence-corrected chi connectivity index (χ2v) is 8.18. The quantitative estimate of drug-likeness (QED) is 0.600.